The fraction of sp³-hybridized carbons (Fsp3) is 0. The smallest absolute Gasteiger partial charge is 0.186 e. The zero-order valence-electron chi connectivity index (χ0n) is 8.87. The number of nitrogens with two attached hydrogens (primary N) is 1. The maximum absolute atomic E-state index is 10.9. The predicted octanol–water partition coefficient (Wildman–Crippen LogP) is 2.64. The molecule has 0 saturated heterocycles. The van der Waals surface area contributed by atoms with Crippen LogP contribution in [-0.2, 0) is 11.1 Å². The Morgan fingerprint density at radius 2 is 1.76 bits per heavy atom. The van der Waals surface area contributed by atoms with Crippen LogP contribution in [0.5, 0.6) is 11.5 Å². The van der Waals surface area contributed by atoms with Gasteiger partial charge in [-0.05, 0) is 42.5 Å². The van der Waals surface area contributed by atoms with E-state index in [1.54, 1.807) is 42.5 Å². The molecule has 0 aromatic heterocycles. The van der Waals surface area contributed by atoms with Crippen LogP contribution in [0.1, 0.15) is 0 Å². The summed E-state index contributed by atoms with van der Waals surface area (Å²) in [5.41, 5.74) is 6.21. The average molecular weight is 249 g/mol. The first-order chi connectivity index (χ1) is 8.15. The molecule has 0 radical (unpaired) electrons. The van der Waals surface area contributed by atoms with Gasteiger partial charge in [-0.3, -0.25) is 0 Å². The van der Waals surface area contributed by atoms with Gasteiger partial charge in [-0.1, -0.05) is 6.07 Å². The van der Waals surface area contributed by atoms with E-state index in [1.165, 1.54) is 6.07 Å². The molecule has 0 aliphatic carbocycles. The van der Waals surface area contributed by atoms with Crippen molar-refractivity contribution in [2.75, 3.05) is 5.73 Å². The molecule has 2 aromatic carbocycles. The number of hydrogen-bond acceptors (Lipinski definition) is 3. The van der Waals surface area contributed by atoms with Crippen molar-refractivity contribution >= 4 is 16.8 Å². The van der Waals surface area contributed by atoms with Gasteiger partial charge in [0.25, 0.3) is 0 Å². The first kappa shape index (κ1) is 11.6. The van der Waals surface area contributed by atoms with Gasteiger partial charge in [-0.25, -0.2) is 4.21 Å². The summed E-state index contributed by atoms with van der Waals surface area (Å²) in [6.45, 7) is 0. The molecule has 1 atom stereocenters. The Morgan fingerprint density at radius 1 is 1.06 bits per heavy atom. The maximum atomic E-state index is 10.9. The van der Waals surface area contributed by atoms with Gasteiger partial charge in [-0.15, -0.1) is 0 Å². The summed E-state index contributed by atoms with van der Waals surface area (Å²) in [6.07, 6.45) is 0. The molecule has 3 N–H and O–H groups in total. The lowest BCUT2D eigenvalue weighted by atomic mass is 10.3. The van der Waals surface area contributed by atoms with Crippen molar-refractivity contribution in [2.45, 2.75) is 4.90 Å². The fourth-order valence-electron chi connectivity index (χ4n) is 1.32. The summed E-state index contributed by atoms with van der Waals surface area (Å²) >= 11 is -2.00. The van der Waals surface area contributed by atoms with E-state index >= 15 is 0 Å². The Labute approximate surface area is 101 Å². The summed E-state index contributed by atoms with van der Waals surface area (Å²) in [5.74, 6) is 1.13. The first-order valence-corrected chi connectivity index (χ1v) is 6.00. The molecule has 0 aliphatic heterocycles. The Hall–Kier alpha value is -1.85. The van der Waals surface area contributed by atoms with Crippen LogP contribution in [0, 0.1) is 0 Å². The van der Waals surface area contributed by atoms with Gasteiger partial charge < -0.3 is 15.0 Å². The van der Waals surface area contributed by atoms with Crippen LogP contribution >= 0.6 is 0 Å². The number of anilines is 1. The molecule has 0 fully saturated rings. The molecular weight excluding hydrogens is 238 g/mol. The standard InChI is InChI=1S/C12H11NO3S/c13-9-4-6-10(7-5-9)16-11-2-1-3-12(8-11)17(14)15/h1-8H,13H2,(H,14,15). The second-order valence-corrected chi connectivity index (χ2v) is 4.36. The van der Waals surface area contributed by atoms with Gasteiger partial charge in [0.1, 0.15) is 11.5 Å². The molecule has 2 aromatic rings. The minimum atomic E-state index is -2.00. The molecule has 1 unspecified atom stereocenters. The molecule has 88 valence electrons. The van der Waals surface area contributed by atoms with Crippen molar-refractivity contribution in [3.8, 4) is 11.5 Å². The molecule has 4 nitrogen and oxygen atoms in total. The summed E-state index contributed by atoms with van der Waals surface area (Å²) in [4.78, 5) is 0.304. The lowest BCUT2D eigenvalue weighted by Crippen LogP contribution is -1.90. The fourth-order valence-corrected chi connectivity index (χ4v) is 1.73. The van der Waals surface area contributed by atoms with Gasteiger partial charge in [0, 0.05) is 5.69 Å². The molecular formula is C12H11NO3S. The molecule has 17 heavy (non-hydrogen) atoms. The van der Waals surface area contributed by atoms with Crippen LogP contribution in [0.4, 0.5) is 5.69 Å². The van der Waals surface area contributed by atoms with Crippen LogP contribution < -0.4 is 10.5 Å². The Morgan fingerprint density at radius 3 is 2.41 bits per heavy atom. The van der Waals surface area contributed by atoms with Gasteiger partial charge in [0.15, 0.2) is 11.1 Å². The summed E-state index contributed by atoms with van der Waals surface area (Å²) < 4.78 is 25.4. The molecule has 0 saturated carbocycles. The minimum absolute atomic E-state index is 0.304. The van der Waals surface area contributed by atoms with Crippen molar-refractivity contribution in [1.29, 1.82) is 0 Å². The van der Waals surface area contributed by atoms with Crippen molar-refractivity contribution in [3.63, 3.8) is 0 Å². The molecule has 0 aliphatic rings. The van der Waals surface area contributed by atoms with Gasteiger partial charge in [-0.2, -0.15) is 0 Å². The molecule has 0 heterocycles. The van der Waals surface area contributed by atoms with Crippen molar-refractivity contribution < 1.29 is 13.5 Å². The summed E-state index contributed by atoms with van der Waals surface area (Å²) in [5, 5.41) is 0. The highest BCUT2D eigenvalue weighted by Gasteiger charge is 2.02. The Bertz CT molecular complexity index is 540. The largest absolute Gasteiger partial charge is 0.457 e. The SMILES string of the molecule is Nc1ccc(Oc2cccc(S(=O)O)c2)cc1. The zero-order chi connectivity index (χ0) is 12.3. The maximum Gasteiger partial charge on any atom is 0.186 e. The van der Waals surface area contributed by atoms with Crippen LogP contribution in [-0.4, -0.2) is 8.76 Å². The molecule has 5 heteroatoms. The van der Waals surface area contributed by atoms with E-state index in [9.17, 15) is 4.21 Å². The van der Waals surface area contributed by atoms with Crippen LogP contribution in [0.3, 0.4) is 0 Å². The molecule has 0 bridgehead atoms. The number of rotatable bonds is 3. The lowest BCUT2D eigenvalue weighted by molar-refractivity contribution is 0.480. The first-order valence-electron chi connectivity index (χ1n) is 4.89. The van der Waals surface area contributed by atoms with Crippen LogP contribution in [0.15, 0.2) is 53.4 Å². The third-order valence-corrected chi connectivity index (χ3v) is 2.78. The van der Waals surface area contributed by atoms with E-state index in [1.807, 2.05) is 0 Å². The van der Waals surface area contributed by atoms with Crippen LogP contribution in [0.2, 0.25) is 0 Å². The van der Waals surface area contributed by atoms with E-state index in [4.69, 9.17) is 15.0 Å². The molecule has 2 rings (SSSR count). The van der Waals surface area contributed by atoms with Crippen molar-refractivity contribution in [2.24, 2.45) is 0 Å². The lowest BCUT2D eigenvalue weighted by Gasteiger charge is -2.06. The van der Waals surface area contributed by atoms with Crippen molar-refractivity contribution in [1.82, 2.24) is 0 Å². The monoisotopic (exact) mass is 249 g/mol. The van der Waals surface area contributed by atoms with Gasteiger partial charge in [0.2, 0.25) is 0 Å². The van der Waals surface area contributed by atoms with Crippen LogP contribution in [0.25, 0.3) is 0 Å². The zero-order valence-corrected chi connectivity index (χ0v) is 9.68. The van der Waals surface area contributed by atoms with Crippen molar-refractivity contribution in [3.05, 3.63) is 48.5 Å². The molecule has 0 spiro atoms. The van der Waals surface area contributed by atoms with E-state index in [2.05, 4.69) is 0 Å². The number of benzene rings is 2. The predicted molar refractivity (Wildman–Crippen MR) is 66.4 cm³/mol. The summed E-state index contributed by atoms with van der Waals surface area (Å²) in [7, 11) is 0. The average Bonchev–Trinajstić information content (AvgIpc) is 2.32. The van der Waals surface area contributed by atoms with E-state index in [0.29, 0.717) is 22.1 Å². The third-order valence-electron chi connectivity index (χ3n) is 2.12. The van der Waals surface area contributed by atoms with E-state index < -0.39 is 11.1 Å². The Balaban J connectivity index is 2.21. The highest BCUT2D eigenvalue weighted by Crippen LogP contribution is 2.23. The van der Waals surface area contributed by atoms with E-state index in [-0.39, 0.29) is 0 Å². The number of nitrogen functional groups attached to an aromatic ring is 1. The van der Waals surface area contributed by atoms with Gasteiger partial charge >= 0.3 is 0 Å². The minimum Gasteiger partial charge on any atom is -0.457 e. The quantitative estimate of drug-likeness (QED) is 0.648. The highest BCUT2D eigenvalue weighted by molar-refractivity contribution is 7.79. The number of ether oxygens (including phenoxy) is 1. The summed E-state index contributed by atoms with van der Waals surface area (Å²) in [6, 6.07) is 13.4. The number of hydrogen-bond donors (Lipinski definition) is 2. The second kappa shape index (κ2) is 4.99. The normalized spacial score (nSPS) is 12.1. The Kier molecular flexibility index (Phi) is 3.41. The van der Waals surface area contributed by atoms with Gasteiger partial charge in [0.05, 0.1) is 4.90 Å². The molecule has 0 amide bonds. The third kappa shape index (κ3) is 3.05. The topological polar surface area (TPSA) is 72.5 Å². The second-order valence-electron chi connectivity index (χ2n) is 3.40. The van der Waals surface area contributed by atoms with E-state index in [0.717, 1.165) is 0 Å². The highest BCUT2D eigenvalue weighted by atomic mass is 32.2.